The predicted octanol–water partition coefficient (Wildman–Crippen LogP) is 1.45. The van der Waals surface area contributed by atoms with Gasteiger partial charge in [0.25, 0.3) is 0 Å². The molecular formula is C12H28N2O. The minimum atomic E-state index is -0.287. The fraction of sp³-hybridized carbons (Fsp3) is 1.00. The van der Waals surface area contributed by atoms with Crippen molar-refractivity contribution in [2.75, 3.05) is 19.6 Å². The Labute approximate surface area is 94.6 Å². The predicted molar refractivity (Wildman–Crippen MR) is 65.8 cm³/mol. The first-order chi connectivity index (χ1) is 6.84. The van der Waals surface area contributed by atoms with Gasteiger partial charge in [0.2, 0.25) is 0 Å². The Kier molecular flexibility index (Phi) is 6.41. The van der Waals surface area contributed by atoms with Gasteiger partial charge in [-0.3, -0.25) is 4.90 Å². The summed E-state index contributed by atoms with van der Waals surface area (Å²) in [7, 11) is 0. The monoisotopic (exact) mass is 216 g/mol. The van der Waals surface area contributed by atoms with Crippen molar-refractivity contribution < 1.29 is 5.11 Å². The Bertz CT molecular complexity index is 169. The number of nitrogens with two attached hydrogens (primary N) is 1. The Hall–Kier alpha value is -0.120. The standard InChI is InChI=1S/C12H28N2O/c1-6-7-14(10(2)11(3)15)9-12(4,5)8-13/h10-11,15H,6-9,13H2,1-5H3. The maximum atomic E-state index is 9.61. The lowest BCUT2D eigenvalue weighted by Gasteiger charge is -2.36. The van der Waals surface area contributed by atoms with Crippen LogP contribution in [-0.2, 0) is 0 Å². The summed E-state index contributed by atoms with van der Waals surface area (Å²) in [6.07, 6.45) is 0.822. The average molecular weight is 216 g/mol. The molecule has 0 bridgehead atoms. The van der Waals surface area contributed by atoms with Crippen LogP contribution < -0.4 is 5.73 Å². The summed E-state index contributed by atoms with van der Waals surface area (Å²) >= 11 is 0. The van der Waals surface area contributed by atoms with Crippen LogP contribution in [0.1, 0.15) is 41.0 Å². The van der Waals surface area contributed by atoms with Crippen molar-refractivity contribution in [3.63, 3.8) is 0 Å². The lowest BCUT2D eigenvalue weighted by Crippen LogP contribution is -2.47. The van der Waals surface area contributed by atoms with Crippen LogP contribution in [-0.4, -0.2) is 41.8 Å². The first-order valence-corrected chi connectivity index (χ1v) is 5.96. The summed E-state index contributed by atoms with van der Waals surface area (Å²) in [5.41, 5.74) is 5.86. The zero-order valence-corrected chi connectivity index (χ0v) is 11.0. The number of nitrogens with zero attached hydrogens (tertiary/aromatic N) is 1. The maximum Gasteiger partial charge on any atom is 0.0664 e. The van der Waals surface area contributed by atoms with Crippen molar-refractivity contribution in [2.24, 2.45) is 11.1 Å². The SMILES string of the molecule is CCCN(CC(C)(C)CN)C(C)C(C)O. The highest BCUT2D eigenvalue weighted by Crippen LogP contribution is 2.18. The second kappa shape index (κ2) is 6.46. The molecule has 0 aliphatic rings. The van der Waals surface area contributed by atoms with E-state index in [4.69, 9.17) is 5.73 Å². The van der Waals surface area contributed by atoms with Crippen LogP contribution in [0.25, 0.3) is 0 Å². The quantitative estimate of drug-likeness (QED) is 0.677. The van der Waals surface area contributed by atoms with Crippen molar-refractivity contribution in [1.29, 1.82) is 0 Å². The van der Waals surface area contributed by atoms with Gasteiger partial charge in [-0.1, -0.05) is 20.8 Å². The van der Waals surface area contributed by atoms with Gasteiger partial charge in [-0.15, -0.1) is 0 Å². The van der Waals surface area contributed by atoms with Crippen molar-refractivity contribution in [1.82, 2.24) is 4.90 Å². The molecule has 0 aromatic heterocycles. The van der Waals surface area contributed by atoms with E-state index in [9.17, 15) is 5.11 Å². The highest BCUT2D eigenvalue weighted by Gasteiger charge is 2.24. The molecule has 2 unspecified atom stereocenters. The average Bonchev–Trinajstić information content (AvgIpc) is 2.15. The Morgan fingerprint density at radius 2 is 1.87 bits per heavy atom. The molecule has 0 radical (unpaired) electrons. The minimum absolute atomic E-state index is 0.123. The summed E-state index contributed by atoms with van der Waals surface area (Å²) in [6.45, 7) is 13.1. The van der Waals surface area contributed by atoms with Crippen LogP contribution in [0, 0.1) is 5.41 Å². The van der Waals surface area contributed by atoms with E-state index < -0.39 is 0 Å². The van der Waals surface area contributed by atoms with Gasteiger partial charge in [-0.2, -0.15) is 0 Å². The van der Waals surface area contributed by atoms with Gasteiger partial charge in [-0.05, 0) is 38.8 Å². The second-order valence-corrected chi connectivity index (χ2v) is 5.32. The number of hydrogen-bond donors (Lipinski definition) is 2. The lowest BCUT2D eigenvalue weighted by molar-refractivity contribution is 0.0486. The van der Waals surface area contributed by atoms with Gasteiger partial charge in [0, 0.05) is 12.6 Å². The molecule has 0 aromatic carbocycles. The van der Waals surface area contributed by atoms with E-state index in [2.05, 4.69) is 32.6 Å². The Balaban J connectivity index is 4.39. The van der Waals surface area contributed by atoms with E-state index in [0.29, 0.717) is 6.54 Å². The molecule has 3 heteroatoms. The molecule has 0 amide bonds. The van der Waals surface area contributed by atoms with Gasteiger partial charge < -0.3 is 10.8 Å². The van der Waals surface area contributed by atoms with Gasteiger partial charge in [0.15, 0.2) is 0 Å². The minimum Gasteiger partial charge on any atom is -0.392 e. The number of aliphatic hydroxyl groups is 1. The Morgan fingerprint density at radius 1 is 1.33 bits per heavy atom. The third kappa shape index (κ3) is 5.50. The molecule has 0 aliphatic heterocycles. The molecule has 0 spiro atoms. The summed E-state index contributed by atoms with van der Waals surface area (Å²) in [5.74, 6) is 0. The molecule has 0 heterocycles. The van der Waals surface area contributed by atoms with Gasteiger partial charge in [0.05, 0.1) is 6.10 Å². The molecule has 92 valence electrons. The van der Waals surface area contributed by atoms with E-state index in [-0.39, 0.29) is 17.6 Å². The molecule has 15 heavy (non-hydrogen) atoms. The third-order valence-electron chi connectivity index (χ3n) is 2.97. The summed E-state index contributed by atoms with van der Waals surface area (Å²) < 4.78 is 0. The fourth-order valence-corrected chi connectivity index (χ4v) is 1.63. The van der Waals surface area contributed by atoms with Crippen LogP contribution in [0.5, 0.6) is 0 Å². The molecule has 3 N–H and O–H groups in total. The summed E-state index contributed by atoms with van der Waals surface area (Å²) in [4.78, 5) is 2.33. The first kappa shape index (κ1) is 14.9. The second-order valence-electron chi connectivity index (χ2n) is 5.32. The van der Waals surface area contributed by atoms with Crippen LogP contribution in [0.2, 0.25) is 0 Å². The van der Waals surface area contributed by atoms with Crippen LogP contribution in [0.4, 0.5) is 0 Å². The van der Waals surface area contributed by atoms with Gasteiger partial charge >= 0.3 is 0 Å². The number of aliphatic hydroxyl groups excluding tert-OH is 1. The highest BCUT2D eigenvalue weighted by atomic mass is 16.3. The molecule has 0 aromatic rings. The zero-order valence-electron chi connectivity index (χ0n) is 11.0. The van der Waals surface area contributed by atoms with Crippen LogP contribution >= 0.6 is 0 Å². The lowest BCUT2D eigenvalue weighted by atomic mass is 9.92. The fourth-order valence-electron chi connectivity index (χ4n) is 1.63. The molecule has 0 aliphatic carbocycles. The van der Waals surface area contributed by atoms with Crippen molar-refractivity contribution in [3.05, 3.63) is 0 Å². The van der Waals surface area contributed by atoms with Crippen molar-refractivity contribution >= 4 is 0 Å². The van der Waals surface area contributed by atoms with Gasteiger partial charge in [0.1, 0.15) is 0 Å². The van der Waals surface area contributed by atoms with Crippen LogP contribution in [0.3, 0.4) is 0 Å². The number of hydrogen-bond acceptors (Lipinski definition) is 3. The molecular weight excluding hydrogens is 188 g/mol. The molecule has 0 rings (SSSR count). The van der Waals surface area contributed by atoms with Gasteiger partial charge in [-0.25, -0.2) is 0 Å². The van der Waals surface area contributed by atoms with E-state index in [1.807, 2.05) is 6.92 Å². The Morgan fingerprint density at radius 3 is 2.20 bits per heavy atom. The third-order valence-corrected chi connectivity index (χ3v) is 2.97. The summed E-state index contributed by atoms with van der Waals surface area (Å²) in [6, 6.07) is 0.204. The van der Waals surface area contributed by atoms with E-state index in [1.54, 1.807) is 0 Å². The normalized spacial score (nSPS) is 16.8. The highest BCUT2D eigenvalue weighted by molar-refractivity contribution is 4.79. The maximum absolute atomic E-state index is 9.61. The van der Waals surface area contributed by atoms with Crippen molar-refractivity contribution in [2.45, 2.75) is 53.2 Å². The largest absolute Gasteiger partial charge is 0.392 e. The van der Waals surface area contributed by atoms with E-state index in [0.717, 1.165) is 19.5 Å². The number of rotatable bonds is 7. The summed E-state index contributed by atoms with van der Waals surface area (Å²) in [5, 5.41) is 9.61. The van der Waals surface area contributed by atoms with E-state index >= 15 is 0 Å². The molecule has 3 nitrogen and oxygen atoms in total. The van der Waals surface area contributed by atoms with Crippen molar-refractivity contribution in [3.8, 4) is 0 Å². The molecule has 0 fully saturated rings. The van der Waals surface area contributed by atoms with E-state index in [1.165, 1.54) is 0 Å². The molecule has 0 saturated heterocycles. The molecule has 2 atom stereocenters. The zero-order chi connectivity index (χ0) is 12.1. The smallest absolute Gasteiger partial charge is 0.0664 e. The first-order valence-electron chi connectivity index (χ1n) is 5.96. The topological polar surface area (TPSA) is 49.5 Å². The molecule has 0 saturated carbocycles. The van der Waals surface area contributed by atoms with Crippen LogP contribution in [0.15, 0.2) is 0 Å².